The number of carbonyl (C=O) groups is 1. The fourth-order valence-electron chi connectivity index (χ4n) is 3.55. The number of alkyl halides is 1. The zero-order valence-corrected chi connectivity index (χ0v) is 16.6. The van der Waals surface area contributed by atoms with Crippen molar-refractivity contribution in [3.8, 4) is 0 Å². The fraction of sp³-hybridized carbons (Fsp3) is 0.632. The first-order chi connectivity index (χ1) is 11.1. The van der Waals surface area contributed by atoms with E-state index in [9.17, 15) is 4.79 Å². The molecule has 2 atom stereocenters. The summed E-state index contributed by atoms with van der Waals surface area (Å²) < 4.78 is 0. The van der Waals surface area contributed by atoms with E-state index < -0.39 is 0 Å². The normalized spacial score (nSPS) is 21.2. The monoisotopic (exact) mass is 372 g/mol. The quantitative estimate of drug-likeness (QED) is 0.728. The van der Waals surface area contributed by atoms with Gasteiger partial charge in [0.25, 0.3) is 0 Å². The van der Waals surface area contributed by atoms with E-state index >= 15 is 0 Å². The van der Waals surface area contributed by atoms with Crippen molar-refractivity contribution in [2.75, 3.05) is 24.3 Å². The summed E-state index contributed by atoms with van der Waals surface area (Å²) in [5.74, 6) is 1.38. The summed E-state index contributed by atoms with van der Waals surface area (Å²) in [6.45, 7) is 8.25. The Hall–Kier alpha value is -0.770. The topological polar surface area (TPSA) is 32.3 Å². The number of benzene rings is 1. The standard InChI is InChI=1S/C19H29ClN2O.ClH/c1-4-11-22-12-9-16(8-10-20)13-17(22)19(23)21-18-14(2)6-5-7-15(18)3;/h5-7,16-17H,4,8-13H2,1-3H3,(H,21,23);1H/t16-,17+;/m1./s1. The number of nitrogens with one attached hydrogen (secondary N) is 1. The Morgan fingerprint density at radius 3 is 2.58 bits per heavy atom. The van der Waals surface area contributed by atoms with Crippen LogP contribution in [-0.4, -0.2) is 35.8 Å². The number of piperidine rings is 1. The molecule has 0 aliphatic carbocycles. The molecule has 5 heteroatoms. The first-order valence-electron chi connectivity index (χ1n) is 8.73. The number of carbonyl (C=O) groups excluding carboxylic acids is 1. The number of anilines is 1. The van der Waals surface area contributed by atoms with E-state index in [0.29, 0.717) is 11.8 Å². The second kappa shape index (κ2) is 10.3. The molecule has 1 fully saturated rings. The highest BCUT2D eigenvalue weighted by atomic mass is 35.5. The van der Waals surface area contributed by atoms with Crippen LogP contribution in [0.3, 0.4) is 0 Å². The van der Waals surface area contributed by atoms with Gasteiger partial charge in [-0.05, 0) is 69.7 Å². The summed E-state index contributed by atoms with van der Waals surface area (Å²) in [6, 6.07) is 6.09. The number of aryl methyl sites for hydroxylation is 2. The van der Waals surface area contributed by atoms with Gasteiger partial charge in [0.2, 0.25) is 5.91 Å². The lowest BCUT2D eigenvalue weighted by molar-refractivity contribution is -0.123. The molecule has 0 unspecified atom stereocenters. The van der Waals surface area contributed by atoms with Crippen LogP contribution in [-0.2, 0) is 4.79 Å². The largest absolute Gasteiger partial charge is 0.324 e. The van der Waals surface area contributed by atoms with Gasteiger partial charge in [0.1, 0.15) is 0 Å². The molecule has 1 aromatic rings. The van der Waals surface area contributed by atoms with Crippen molar-refractivity contribution in [3.05, 3.63) is 29.3 Å². The number of likely N-dealkylation sites (tertiary alicyclic amines) is 1. The molecule has 0 spiro atoms. The summed E-state index contributed by atoms with van der Waals surface area (Å²) in [5, 5.41) is 3.19. The van der Waals surface area contributed by atoms with Gasteiger partial charge in [0, 0.05) is 11.6 Å². The first-order valence-corrected chi connectivity index (χ1v) is 9.27. The van der Waals surface area contributed by atoms with Crippen molar-refractivity contribution in [1.82, 2.24) is 4.90 Å². The first kappa shape index (κ1) is 21.3. The predicted octanol–water partition coefficient (Wildman–Crippen LogP) is 4.78. The molecule has 1 aliphatic heterocycles. The predicted molar refractivity (Wildman–Crippen MR) is 106 cm³/mol. The molecule has 1 saturated heterocycles. The van der Waals surface area contributed by atoms with Crippen LogP contribution < -0.4 is 5.32 Å². The van der Waals surface area contributed by atoms with Gasteiger partial charge in [0.05, 0.1) is 6.04 Å². The Balaban J connectivity index is 0.00000288. The van der Waals surface area contributed by atoms with Gasteiger partial charge in [-0.2, -0.15) is 0 Å². The minimum Gasteiger partial charge on any atom is -0.324 e. The lowest BCUT2D eigenvalue weighted by Crippen LogP contribution is -2.49. The van der Waals surface area contributed by atoms with Gasteiger partial charge in [-0.15, -0.1) is 24.0 Å². The summed E-state index contributed by atoms with van der Waals surface area (Å²) in [5.41, 5.74) is 3.20. The van der Waals surface area contributed by atoms with E-state index in [0.717, 1.165) is 55.6 Å². The van der Waals surface area contributed by atoms with Crippen LogP contribution >= 0.6 is 24.0 Å². The molecule has 1 aromatic carbocycles. The van der Waals surface area contributed by atoms with Crippen molar-refractivity contribution in [3.63, 3.8) is 0 Å². The van der Waals surface area contributed by atoms with E-state index in [1.165, 1.54) is 0 Å². The molecule has 3 nitrogen and oxygen atoms in total. The number of rotatable bonds is 6. The lowest BCUT2D eigenvalue weighted by atomic mass is 9.88. The Bertz CT molecular complexity index is 516. The Morgan fingerprint density at radius 2 is 2.00 bits per heavy atom. The molecule has 136 valence electrons. The van der Waals surface area contributed by atoms with Crippen molar-refractivity contribution >= 4 is 35.6 Å². The van der Waals surface area contributed by atoms with Crippen molar-refractivity contribution in [2.24, 2.45) is 5.92 Å². The third-order valence-corrected chi connectivity index (χ3v) is 5.10. The third kappa shape index (κ3) is 5.37. The lowest BCUT2D eigenvalue weighted by Gasteiger charge is -2.38. The van der Waals surface area contributed by atoms with Crippen LogP contribution in [0.25, 0.3) is 0 Å². The summed E-state index contributed by atoms with van der Waals surface area (Å²) in [4.78, 5) is 15.3. The summed E-state index contributed by atoms with van der Waals surface area (Å²) in [7, 11) is 0. The van der Waals surface area contributed by atoms with Gasteiger partial charge in [-0.1, -0.05) is 25.1 Å². The highest BCUT2D eigenvalue weighted by Crippen LogP contribution is 2.28. The second-order valence-electron chi connectivity index (χ2n) is 6.68. The highest BCUT2D eigenvalue weighted by Gasteiger charge is 2.32. The Labute approximate surface area is 157 Å². The van der Waals surface area contributed by atoms with E-state index in [1.54, 1.807) is 0 Å². The summed E-state index contributed by atoms with van der Waals surface area (Å²) >= 11 is 5.92. The van der Waals surface area contributed by atoms with Gasteiger partial charge >= 0.3 is 0 Å². The molecule has 0 saturated carbocycles. The average molecular weight is 373 g/mol. The Morgan fingerprint density at radius 1 is 1.33 bits per heavy atom. The van der Waals surface area contributed by atoms with E-state index in [-0.39, 0.29) is 24.4 Å². The highest BCUT2D eigenvalue weighted by molar-refractivity contribution is 6.17. The molecule has 0 bridgehead atoms. The van der Waals surface area contributed by atoms with Crippen LogP contribution in [0.2, 0.25) is 0 Å². The van der Waals surface area contributed by atoms with Gasteiger partial charge in [-0.3, -0.25) is 9.69 Å². The van der Waals surface area contributed by atoms with Crippen LogP contribution in [0.4, 0.5) is 5.69 Å². The SMILES string of the molecule is CCCN1CC[C@@H](CCCl)C[C@H]1C(=O)Nc1c(C)cccc1C.Cl. The van der Waals surface area contributed by atoms with Gasteiger partial charge in [0.15, 0.2) is 0 Å². The number of hydrogen-bond donors (Lipinski definition) is 1. The molecule has 0 radical (unpaired) electrons. The molecular weight excluding hydrogens is 343 g/mol. The maximum Gasteiger partial charge on any atom is 0.241 e. The van der Waals surface area contributed by atoms with Crippen molar-refractivity contribution in [2.45, 2.75) is 52.5 Å². The van der Waals surface area contributed by atoms with Crippen molar-refractivity contribution in [1.29, 1.82) is 0 Å². The second-order valence-corrected chi connectivity index (χ2v) is 7.05. The number of nitrogens with zero attached hydrogens (tertiary/aromatic N) is 1. The average Bonchev–Trinajstić information content (AvgIpc) is 2.53. The smallest absolute Gasteiger partial charge is 0.241 e. The molecule has 2 rings (SSSR count). The number of hydrogen-bond acceptors (Lipinski definition) is 2. The zero-order chi connectivity index (χ0) is 16.8. The van der Waals surface area contributed by atoms with E-state index in [1.807, 2.05) is 32.0 Å². The number of para-hydroxylation sites is 1. The Kier molecular flexibility index (Phi) is 9.11. The molecular formula is C19H30Cl2N2O. The minimum absolute atomic E-state index is 0. The maximum atomic E-state index is 12.9. The molecule has 0 aromatic heterocycles. The third-order valence-electron chi connectivity index (χ3n) is 4.88. The van der Waals surface area contributed by atoms with E-state index in [4.69, 9.17) is 11.6 Å². The number of halogens is 2. The minimum atomic E-state index is -0.0316. The zero-order valence-electron chi connectivity index (χ0n) is 15.0. The number of amides is 1. The molecule has 1 heterocycles. The molecule has 1 N–H and O–H groups in total. The van der Waals surface area contributed by atoms with Crippen LogP contribution in [0, 0.1) is 19.8 Å². The maximum absolute atomic E-state index is 12.9. The molecule has 1 amide bonds. The van der Waals surface area contributed by atoms with Crippen LogP contribution in [0.5, 0.6) is 0 Å². The molecule has 24 heavy (non-hydrogen) atoms. The molecule has 1 aliphatic rings. The van der Waals surface area contributed by atoms with Gasteiger partial charge < -0.3 is 5.32 Å². The van der Waals surface area contributed by atoms with E-state index in [2.05, 4.69) is 17.1 Å². The fourth-order valence-corrected chi connectivity index (χ4v) is 3.86. The van der Waals surface area contributed by atoms with Gasteiger partial charge in [-0.25, -0.2) is 0 Å². The summed E-state index contributed by atoms with van der Waals surface area (Å²) in [6.07, 6.45) is 4.16. The van der Waals surface area contributed by atoms with Crippen LogP contribution in [0.15, 0.2) is 18.2 Å². The van der Waals surface area contributed by atoms with Crippen LogP contribution in [0.1, 0.15) is 43.7 Å². The van der Waals surface area contributed by atoms with Crippen molar-refractivity contribution < 1.29 is 4.79 Å².